The first kappa shape index (κ1) is 66.1. The second-order valence-electron chi connectivity index (χ2n) is 16.1. The molecule has 4 unspecified atom stereocenters. The Kier molecular flexibility index (Phi) is 32.5. The highest BCUT2D eigenvalue weighted by molar-refractivity contribution is 7.99. The summed E-state index contributed by atoms with van der Waals surface area (Å²) in [6.45, 7) is 7.87. The maximum absolute atomic E-state index is 12.0. The van der Waals surface area contributed by atoms with Crippen molar-refractivity contribution in [2.75, 3.05) is 25.0 Å². The number of aliphatic hydroxyl groups excluding tert-OH is 3. The van der Waals surface area contributed by atoms with E-state index in [0.717, 1.165) is 22.3 Å². The number of esters is 4. The Morgan fingerprint density at radius 1 is 0.613 bits per heavy atom. The number of hydrogen-bond donors (Lipinski definition) is 3. The molecule has 1 fully saturated rings. The second kappa shape index (κ2) is 36.9. The minimum absolute atomic E-state index is 0.0555. The molecule has 0 spiro atoms. The monoisotopic (exact) mass is 1130 g/mol. The third-order valence-corrected chi connectivity index (χ3v) is 15.5. The van der Waals surface area contributed by atoms with Gasteiger partial charge in [-0.2, -0.15) is 55.5 Å². The first-order valence-electron chi connectivity index (χ1n) is 23.1. The van der Waals surface area contributed by atoms with Gasteiger partial charge in [-0.1, -0.05) is 153 Å². The average Bonchev–Trinajstić information content (AvgIpc) is 3.78. The predicted octanol–water partition coefficient (Wildman–Crippen LogP) is 8.27. The maximum Gasteiger partial charge on any atom is 0.401 e. The first-order chi connectivity index (χ1) is 35.8. The van der Waals surface area contributed by atoms with Gasteiger partial charge in [-0.15, -0.1) is 0 Å². The molecule has 3 N–H and O–H groups in total. The van der Waals surface area contributed by atoms with Gasteiger partial charge in [0.15, 0.2) is 12.2 Å². The number of hydrogen-bond acceptors (Lipinski definition) is 20. The number of carbonyl (C=O) groups is 4. The quantitative estimate of drug-likeness (QED) is 0.0157. The van der Waals surface area contributed by atoms with Crippen molar-refractivity contribution in [3.8, 4) is 0 Å². The zero-order valence-electron chi connectivity index (χ0n) is 42.9. The van der Waals surface area contributed by atoms with Crippen LogP contribution in [0, 0.1) is 0 Å². The summed E-state index contributed by atoms with van der Waals surface area (Å²) in [6, 6.07) is 36.2. The van der Waals surface area contributed by atoms with Gasteiger partial charge in [0, 0.05) is 32.0 Å². The number of ether oxygens (including phenoxy) is 4. The Balaban J connectivity index is 0.000000344. The van der Waals surface area contributed by atoms with Gasteiger partial charge in [0.05, 0.1) is 6.04 Å². The van der Waals surface area contributed by atoms with Gasteiger partial charge in [-0.05, 0) is 59.7 Å². The minimum atomic E-state index is -4.14. The van der Waals surface area contributed by atoms with Crippen LogP contribution < -0.4 is 0 Å². The Hall–Kier alpha value is -5.04. The fraction of sp³-hybridized carbons (Fsp3) is 0.423. The molecule has 0 radical (unpaired) electrons. The molecule has 4 aromatic carbocycles. The van der Waals surface area contributed by atoms with Gasteiger partial charge in [0.2, 0.25) is 6.10 Å². The van der Waals surface area contributed by atoms with Crippen molar-refractivity contribution in [2.24, 2.45) is 5.11 Å². The summed E-state index contributed by atoms with van der Waals surface area (Å²) in [6.07, 6.45) is 4.52. The number of azide groups is 1. The van der Waals surface area contributed by atoms with Crippen molar-refractivity contribution >= 4 is 81.3 Å². The standard InChI is InChI=1S/C13H17N3O3S.C13H16O6S2.C13H18O4S.C13H16O2S/c1-9(20-2)11(15-16-14)12(17)13(18)19-8-10-6-4-3-5-7-10;1-9(20-2)11-12(19-21(15,16)18-11)13(14)17-8-10-6-4-3-5-7-10;1-9(18-2)11(14)12(15)13(16)17-8-10-6-4-3-5-7-10;1-11(16-2)8-9-13(14)15-10-12-6-4-3-5-7-12/h3-7,9,11-12,17H,8H2,1-2H3;3-7,9,11-12H,8H2,1-2H3;3-7,9,11-12,14-15H,8H2,1-2H3;3-9,11H,10H2,1-2H3/b;;;9-8+/t3*9?,11-,12+;/m000./s1. The first-order valence-corrected chi connectivity index (χ1v) is 29.6. The van der Waals surface area contributed by atoms with Crippen molar-refractivity contribution in [2.45, 2.75) is 112 Å². The molecule has 0 saturated carbocycles. The smallest absolute Gasteiger partial charge is 0.401 e. The summed E-state index contributed by atoms with van der Waals surface area (Å²) in [7, 11) is -4.14. The van der Waals surface area contributed by atoms with Gasteiger partial charge < -0.3 is 34.3 Å². The van der Waals surface area contributed by atoms with E-state index < -0.39 is 64.9 Å². The highest BCUT2D eigenvalue weighted by Gasteiger charge is 2.48. The average molecular weight is 1130 g/mol. The molecule has 0 bridgehead atoms. The van der Waals surface area contributed by atoms with Crippen molar-refractivity contribution < 1.29 is 70.2 Å². The number of aliphatic hydroxyl groups is 3. The van der Waals surface area contributed by atoms with Crippen LogP contribution in [0.25, 0.3) is 10.4 Å². The van der Waals surface area contributed by atoms with Gasteiger partial charge in [0.1, 0.15) is 38.6 Å². The summed E-state index contributed by atoms with van der Waals surface area (Å²) >= 11 is 5.84. The topological polar surface area (TPSA) is 267 Å². The lowest BCUT2D eigenvalue weighted by molar-refractivity contribution is -0.161. The lowest BCUT2D eigenvalue weighted by Crippen LogP contribution is -2.40. The van der Waals surface area contributed by atoms with Crippen LogP contribution in [0.4, 0.5) is 0 Å². The Labute approximate surface area is 457 Å². The molecule has 10 atom stereocenters. The van der Waals surface area contributed by atoms with Crippen LogP contribution in [0.1, 0.15) is 49.9 Å². The molecule has 1 aliphatic rings. The Morgan fingerprint density at radius 2 is 1.03 bits per heavy atom. The summed E-state index contributed by atoms with van der Waals surface area (Å²) < 4.78 is 52.5. The van der Waals surface area contributed by atoms with Crippen LogP contribution in [0.3, 0.4) is 0 Å². The molecular formula is C52H67N3O15S5. The van der Waals surface area contributed by atoms with E-state index in [1.54, 1.807) is 57.2 Å². The zero-order chi connectivity index (χ0) is 55.8. The van der Waals surface area contributed by atoms with Crippen molar-refractivity contribution in [1.29, 1.82) is 0 Å². The van der Waals surface area contributed by atoms with Crippen LogP contribution in [-0.2, 0) is 83.3 Å². The van der Waals surface area contributed by atoms with Gasteiger partial charge >= 0.3 is 34.3 Å². The van der Waals surface area contributed by atoms with Crippen molar-refractivity contribution in [3.05, 3.63) is 166 Å². The lowest BCUT2D eigenvalue weighted by atomic mass is 10.1. The summed E-state index contributed by atoms with van der Waals surface area (Å²) in [4.78, 5) is 49.4. The molecule has 75 heavy (non-hydrogen) atoms. The van der Waals surface area contributed by atoms with E-state index in [0.29, 0.717) is 11.9 Å². The largest absolute Gasteiger partial charge is 0.459 e. The minimum Gasteiger partial charge on any atom is -0.459 e. The molecule has 0 aliphatic carbocycles. The van der Waals surface area contributed by atoms with Crippen LogP contribution in [-0.4, -0.2) is 130 Å². The molecule has 410 valence electrons. The van der Waals surface area contributed by atoms with Gasteiger partial charge in [0.25, 0.3) is 0 Å². The maximum atomic E-state index is 12.0. The van der Waals surface area contributed by atoms with E-state index in [-0.39, 0.29) is 41.5 Å². The number of rotatable bonds is 23. The van der Waals surface area contributed by atoms with Crippen LogP contribution >= 0.6 is 47.0 Å². The number of benzene rings is 4. The van der Waals surface area contributed by atoms with E-state index in [2.05, 4.69) is 10.0 Å². The van der Waals surface area contributed by atoms with Crippen molar-refractivity contribution in [1.82, 2.24) is 0 Å². The van der Waals surface area contributed by atoms with E-state index in [9.17, 15) is 42.9 Å². The molecule has 1 saturated heterocycles. The van der Waals surface area contributed by atoms with E-state index in [1.165, 1.54) is 41.4 Å². The van der Waals surface area contributed by atoms with Crippen LogP contribution in [0.2, 0.25) is 0 Å². The van der Waals surface area contributed by atoms with E-state index >= 15 is 0 Å². The van der Waals surface area contributed by atoms with Crippen LogP contribution in [0.15, 0.2) is 139 Å². The van der Waals surface area contributed by atoms with Gasteiger partial charge in [-0.3, -0.25) is 0 Å². The van der Waals surface area contributed by atoms with Crippen molar-refractivity contribution in [3.63, 3.8) is 0 Å². The molecule has 5 rings (SSSR count). The summed E-state index contributed by atoms with van der Waals surface area (Å²) in [5, 5.41) is 32.4. The number of thioether (sulfide) groups is 4. The van der Waals surface area contributed by atoms with E-state index in [4.69, 9.17) is 32.8 Å². The highest BCUT2D eigenvalue weighted by Crippen LogP contribution is 2.29. The summed E-state index contributed by atoms with van der Waals surface area (Å²) in [5.41, 5.74) is 12.0. The SMILES string of the molecule is CSC(C)/C=C/C(=O)OCc1ccccc1.CSC(C)[C@@H]1OS(=O)(=O)O[C@H]1C(=O)OCc1ccccc1.CSC(C)[C@H](N=[N+]=[N-])[C@@H](O)C(=O)OCc1ccccc1.CSC(C)[C@H](O)[C@@H](O)C(=O)OCc1ccccc1. The molecule has 4 aromatic rings. The molecule has 1 heterocycles. The van der Waals surface area contributed by atoms with Gasteiger partial charge in [-0.25, -0.2) is 27.5 Å². The fourth-order valence-corrected chi connectivity index (χ4v) is 8.53. The molecule has 1 aliphatic heterocycles. The fourth-order valence-electron chi connectivity index (χ4n) is 5.82. The lowest BCUT2D eigenvalue weighted by Gasteiger charge is -2.21. The predicted molar refractivity (Wildman–Crippen MR) is 296 cm³/mol. The molecular weight excluding hydrogens is 1070 g/mol. The molecule has 0 amide bonds. The Bertz CT molecular complexity index is 2460. The second-order valence-corrected chi connectivity index (χ2v) is 22.1. The molecule has 18 nitrogen and oxygen atoms in total. The third kappa shape index (κ3) is 26.0. The summed E-state index contributed by atoms with van der Waals surface area (Å²) in [5.74, 6) is -2.62. The zero-order valence-corrected chi connectivity index (χ0v) is 47.0. The normalized spacial score (nSPS) is 17.5. The highest BCUT2D eigenvalue weighted by atomic mass is 32.3. The Morgan fingerprint density at radius 3 is 1.43 bits per heavy atom. The third-order valence-electron chi connectivity index (χ3n) is 10.6. The van der Waals surface area contributed by atoms with E-state index in [1.807, 2.05) is 135 Å². The molecule has 0 aromatic heterocycles. The number of carbonyl (C=O) groups excluding carboxylic acids is 4. The molecule has 23 heteroatoms. The number of nitrogens with zero attached hydrogens (tertiary/aromatic N) is 3. The van der Waals surface area contributed by atoms with Crippen LogP contribution in [0.5, 0.6) is 0 Å².